The molecule has 0 aromatic rings. The first-order valence-corrected chi connectivity index (χ1v) is 9.40. The maximum atomic E-state index is 10.8. The van der Waals surface area contributed by atoms with Crippen molar-refractivity contribution in [3.63, 3.8) is 0 Å². The summed E-state index contributed by atoms with van der Waals surface area (Å²) < 4.78 is 36.3. The molecule has 2 amide bonds. The van der Waals surface area contributed by atoms with Crippen LogP contribution in [0.2, 0.25) is 0 Å². The van der Waals surface area contributed by atoms with Crippen LogP contribution in [0.25, 0.3) is 20.9 Å². The third-order valence-electron chi connectivity index (χ3n) is 3.00. The van der Waals surface area contributed by atoms with E-state index in [1.165, 1.54) is 0 Å². The molecular weight excluding hydrogens is 420 g/mol. The first kappa shape index (κ1) is 28.7. The molecule has 15 heteroatoms. The standard InChI is InChI=1S/C16H28N6O9/c17-21-19-15(23)13-30-11-9-28-7-5-26-3-1-25-2-4-27-6-8-29-10-12-31-14-16(24)20-22-18/h1-14H2. The third-order valence-corrected chi connectivity index (χ3v) is 3.00. The molecule has 0 spiro atoms. The van der Waals surface area contributed by atoms with Gasteiger partial charge in [0, 0.05) is 9.82 Å². The van der Waals surface area contributed by atoms with Gasteiger partial charge < -0.3 is 33.2 Å². The van der Waals surface area contributed by atoms with Crippen LogP contribution in [0.5, 0.6) is 0 Å². The van der Waals surface area contributed by atoms with E-state index in [0.717, 1.165) is 0 Å². The van der Waals surface area contributed by atoms with Gasteiger partial charge in [-0.15, -0.1) is 0 Å². The number of nitrogens with zero attached hydrogens (tertiary/aromatic N) is 6. The van der Waals surface area contributed by atoms with Crippen molar-refractivity contribution in [1.82, 2.24) is 0 Å². The second-order valence-electron chi connectivity index (χ2n) is 5.33. The summed E-state index contributed by atoms with van der Waals surface area (Å²) in [6, 6.07) is 0. The molecule has 0 aliphatic carbocycles. The highest BCUT2D eigenvalue weighted by molar-refractivity contribution is 5.78. The highest BCUT2D eigenvalue weighted by atomic mass is 16.6. The summed E-state index contributed by atoms with van der Waals surface area (Å²) in [6.45, 7) is 3.76. The molecule has 0 radical (unpaired) electrons. The van der Waals surface area contributed by atoms with Crippen LogP contribution < -0.4 is 0 Å². The normalized spacial score (nSPS) is 10.3. The van der Waals surface area contributed by atoms with E-state index in [2.05, 4.69) is 20.1 Å². The van der Waals surface area contributed by atoms with Crippen LogP contribution in [-0.2, 0) is 42.7 Å². The number of amides is 2. The molecule has 0 heterocycles. The number of carbonyl (C=O) groups is 2. The van der Waals surface area contributed by atoms with Gasteiger partial charge in [-0.1, -0.05) is 0 Å². The van der Waals surface area contributed by atoms with E-state index < -0.39 is 11.8 Å². The van der Waals surface area contributed by atoms with Gasteiger partial charge in [-0.3, -0.25) is 9.59 Å². The molecule has 15 nitrogen and oxygen atoms in total. The van der Waals surface area contributed by atoms with Gasteiger partial charge in [0.15, 0.2) is 0 Å². The average Bonchev–Trinajstić information content (AvgIpc) is 2.75. The molecule has 0 fully saturated rings. The molecule has 0 rings (SSSR count). The van der Waals surface area contributed by atoms with E-state index in [4.69, 9.17) is 44.2 Å². The summed E-state index contributed by atoms with van der Waals surface area (Å²) in [5, 5.41) is 5.72. The second-order valence-corrected chi connectivity index (χ2v) is 5.33. The molecule has 0 aliphatic rings. The molecule has 0 aromatic carbocycles. The number of hydrogen-bond acceptors (Lipinski definition) is 9. The van der Waals surface area contributed by atoms with Crippen LogP contribution >= 0.6 is 0 Å². The Morgan fingerprint density at radius 1 is 0.484 bits per heavy atom. The van der Waals surface area contributed by atoms with Crippen LogP contribution in [-0.4, -0.2) is 104 Å². The number of azide groups is 2. The van der Waals surface area contributed by atoms with E-state index in [0.29, 0.717) is 66.1 Å². The van der Waals surface area contributed by atoms with Crippen molar-refractivity contribution in [3.8, 4) is 0 Å². The lowest BCUT2D eigenvalue weighted by Gasteiger charge is -2.08. The lowest BCUT2D eigenvalue weighted by atomic mass is 10.6. The Morgan fingerprint density at radius 2 is 0.710 bits per heavy atom. The minimum atomic E-state index is -0.675. The summed E-state index contributed by atoms with van der Waals surface area (Å²) >= 11 is 0. The van der Waals surface area contributed by atoms with Gasteiger partial charge in [-0.05, 0) is 21.3 Å². The van der Waals surface area contributed by atoms with E-state index in [1.54, 1.807) is 0 Å². The fourth-order valence-electron chi connectivity index (χ4n) is 1.69. The first-order chi connectivity index (χ1) is 15.2. The lowest BCUT2D eigenvalue weighted by molar-refractivity contribution is -0.123. The Labute approximate surface area is 179 Å². The molecule has 31 heavy (non-hydrogen) atoms. The van der Waals surface area contributed by atoms with Crippen LogP contribution in [0, 0.1) is 0 Å². The Morgan fingerprint density at radius 3 is 0.935 bits per heavy atom. The molecular formula is C16H28N6O9. The summed E-state index contributed by atoms with van der Waals surface area (Å²) in [5.74, 6) is -1.35. The minimum Gasteiger partial charge on any atom is -0.377 e. The lowest BCUT2D eigenvalue weighted by Crippen LogP contribution is -2.15. The Hall–Kier alpha value is -2.32. The number of hydrogen-bond donors (Lipinski definition) is 0. The fourth-order valence-corrected chi connectivity index (χ4v) is 1.69. The maximum absolute atomic E-state index is 10.8. The zero-order valence-electron chi connectivity index (χ0n) is 17.3. The van der Waals surface area contributed by atoms with Gasteiger partial charge in [0.2, 0.25) is 11.8 Å². The van der Waals surface area contributed by atoms with Gasteiger partial charge in [0.25, 0.3) is 0 Å². The van der Waals surface area contributed by atoms with Crippen LogP contribution in [0.3, 0.4) is 0 Å². The zero-order valence-corrected chi connectivity index (χ0v) is 17.3. The Bertz CT molecular complexity index is 520. The van der Waals surface area contributed by atoms with E-state index >= 15 is 0 Å². The van der Waals surface area contributed by atoms with E-state index in [-0.39, 0.29) is 26.4 Å². The average molecular weight is 448 g/mol. The molecule has 176 valence electrons. The third kappa shape index (κ3) is 23.8. The second kappa shape index (κ2) is 24.0. The first-order valence-electron chi connectivity index (χ1n) is 9.40. The van der Waals surface area contributed by atoms with Crippen molar-refractivity contribution in [1.29, 1.82) is 0 Å². The SMILES string of the molecule is [N-]=[N+]=NC(=O)COCCOCCOCCOCCOCCOCCOCC(=O)N=[N+]=[N-]. The molecule has 0 unspecified atom stereocenters. The summed E-state index contributed by atoms with van der Waals surface area (Å²) in [7, 11) is 0. The van der Waals surface area contributed by atoms with Gasteiger partial charge >= 0.3 is 0 Å². The van der Waals surface area contributed by atoms with Gasteiger partial charge in [-0.25, -0.2) is 0 Å². The van der Waals surface area contributed by atoms with Crippen molar-refractivity contribution in [3.05, 3.63) is 20.9 Å². The summed E-state index contributed by atoms with van der Waals surface area (Å²) in [5.41, 5.74) is 16.1. The van der Waals surface area contributed by atoms with Gasteiger partial charge in [-0.2, -0.15) is 0 Å². The van der Waals surface area contributed by atoms with Crippen molar-refractivity contribution in [2.45, 2.75) is 0 Å². The van der Waals surface area contributed by atoms with Gasteiger partial charge in [0.1, 0.15) is 13.2 Å². The minimum absolute atomic E-state index is 0.217. The molecule has 0 bridgehead atoms. The number of ether oxygens (including phenoxy) is 7. The fraction of sp³-hybridized carbons (Fsp3) is 0.875. The van der Waals surface area contributed by atoms with Crippen LogP contribution in [0.4, 0.5) is 0 Å². The van der Waals surface area contributed by atoms with E-state index in [9.17, 15) is 9.59 Å². The highest BCUT2D eigenvalue weighted by Crippen LogP contribution is 1.86. The quantitative estimate of drug-likeness (QED) is 0.0993. The largest absolute Gasteiger partial charge is 0.377 e. The molecule has 0 atom stereocenters. The monoisotopic (exact) mass is 448 g/mol. The zero-order chi connectivity index (χ0) is 22.8. The van der Waals surface area contributed by atoms with Crippen molar-refractivity contribution < 1.29 is 42.7 Å². The predicted octanol–water partition coefficient (Wildman–Crippen LogP) is 0.776. The molecule has 0 aliphatic heterocycles. The summed E-state index contributed by atoms with van der Waals surface area (Å²) in [4.78, 5) is 26.3. The molecule has 0 N–H and O–H groups in total. The smallest absolute Gasteiger partial charge is 0.244 e. The maximum Gasteiger partial charge on any atom is 0.244 e. The molecule has 0 aromatic heterocycles. The van der Waals surface area contributed by atoms with Crippen molar-refractivity contribution >= 4 is 11.8 Å². The van der Waals surface area contributed by atoms with Crippen molar-refractivity contribution in [2.75, 3.05) is 92.5 Å². The highest BCUT2D eigenvalue weighted by Gasteiger charge is 1.99. The molecule has 0 saturated carbocycles. The number of carbonyl (C=O) groups excluding carboxylic acids is 2. The van der Waals surface area contributed by atoms with E-state index in [1.807, 2.05) is 0 Å². The summed E-state index contributed by atoms with van der Waals surface area (Å²) in [6.07, 6.45) is 0. The van der Waals surface area contributed by atoms with Crippen LogP contribution in [0.1, 0.15) is 0 Å². The predicted molar refractivity (Wildman–Crippen MR) is 104 cm³/mol. The Balaban J connectivity index is 3.12. The topological polar surface area (TPSA) is 196 Å². The Kier molecular flexibility index (Phi) is 22.2. The van der Waals surface area contributed by atoms with Crippen molar-refractivity contribution in [2.24, 2.45) is 10.2 Å². The van der Waals surface area contributed by atoms with Crippen LogP contribution in [0.15, 0.2) is 10.2 Å². The molecule has 0 saturated heterocycles. The van der Waals surface area contributed by atoms with Gasteiger partial charge in [0.05, 0.1) is 79.3 Å². The number of rotatable bonds is 22.